The normalized spacial score (nSPS) is 17.5. The second-order valence-corrected chi connectivity index (χ2v) is 15.1. The Morgan fingerprint density at radius 3 is 2.26 bits per heavy atom. The van der Waals surface area contributed by atoms with Gasteiger partial charge in [-0.25, -0.2) is 0 Å². The minimum absolute atomic E-state index is 0.0300. The third-order valence-electron chi connectivity index (χ3n) is 11.5. The number of rotatable bonds is 8. The zero-order valence-corrected chi connectivity index (χ0v) is 33.0. The number of hydrogen-bond donors (Lipinski definition) is 1. The van der Waals surface area contributed by atoms with E-state index in [9.17, 15) is 4.79 Å². The molecule has 292 valence electrons. The van der Waals surface area contributed by atoms with Gasteiger partial charge in [0.25, 0.3) is 5.91 Å². The van der Waals surface area contributed by atoms with Gasteiger partial charge in [-0.15, -0.1) is 0 Å². The van der Waals surface area contributed by atoms with Gasteiger partial charge >= 0.3 is 0 Å². The molecule has 0 fully saturated rings. The van der Waals surface area contributed by atoms with Crippen molar-refractivity contribution in [1.82, 2.24) is 15.1 Å². The van der Waals surface area contributed by atoms with Crippen LogP contribution in [-0.2, 0) is 25.7 Å². The minimum Gasteiger partial charge on any atom is -0.493 e. The van der Waals surface area contributed by atoms with E-state index in [0.29, 0.717) is 65.9 Å². The molecule has 57 heavy (non-hydrogen) atoms. The van der Waals surface area contributed by atoms with Crippen molar-refractivity contribution in [2.24, 2.45) is 0 Å². The lowest BCUT2D eigenvalue weighted by Crippen LogP contribution is -2.34. The summed E-state index contributed by atoms with van der Waals surface area (Å²) in [5, 5.41) is 12.0. The van der Waals surface area contributed by atoms with Gasteiger partial charge in [0.05, 0.1) is 32.5 Å². The van der Waals surface area contributed by atoms with Crippen molar-refractivity contribution in [2.45, 2.75) is 44.2 Å². The summed E-state index contributed by atoms with van der Waals surface area (Å²) in [5.74, 6) is 4.48. The van der Waals surface area contributed by atoms with Crippen molar-refractivity contribution in [3.8, 4) is 46.3 Å². The quantitative estimate of drug-likeness (QED) is 0.157. The highest BCUT2D eigenvalue weighted by Crippen LogP contribution is 2.50. The van der Waals surface area contributed by atoms with E-state index in [4.69, 9.17) is 28.9 Å². The zero-order valence-electron chi connectivity index (χ0n) is 33.0. The van der Waals surface area contributed by atoms with Gasteiger partial charge in [-0.1, -0.05) is 24.3 Å². The van der Waals surface area contributed by atoms with Gasteiger partial charge in [0.15, 0.2) is 23.0 Å². The third kappa shape index (κ3) is 7.99. The molecule has 10 nitrogen and oxygen atoms in total. The first-order chi connectivity index (χ1) is 27.8. The molecule has 0 radical (unpaired) electrons. The Balaban J connectivity index is 1.13. The van der Waals surface area contributed by atoms with Crippen molar-refractivity contribution in [1.29, 1.82) is 5.26 Å². The van der Waals surface area contributed by atoms with Crippen LogP contribution in [0.3, 0.4) is 0 Å². The maximum Gasteiger partial charge on any atom is 0.251 e. The molecule has 5 aromatic rings. The molecule has 0 spiro atoms. The molecule has 0 saturated heterocycles. The lowest BCUT2D eigenvalue weighted by atomic mass is 9.87. The van der Waals surface area contributed by atoms with E-state index < -0.39 is 0 Å². The van der Waals surface area contributed by atoms with E-state index in [1.807, 2.05) is 18.2 Å². The summed E-state index contributed by atoms with van der Waals surface area (Å²) in [6.45, 7) is 2.66. The Bertz CT molecular complexity index is 2300. The van der Waals surface area contributed by atoms with Crippen molar-refractivity contribution < 1.29 is 28.5 Å². The van der Waals surface area contributed by atoms with Crippen LogP contribution in [0, 0.1) is 11.3 Å². The monoisotopic (exact) mass is 764 g/mol. The molecule has 0 saturated carbocycles. The molecule has 9 rings (SSSR count). The number of methoxy groups -OCH3 is 2. The molecule has 1 N–H and O–H groups in total. The number of carbonyl (C=O) groups excluding carboxylic acids is 1. The van der Waals surface area contributed by atoms with Crippen molar-refractivity contribution in [3.05, 3.63) is 136 Å². The summed E-state index contributed by atoms with van der Waals surface area (Å²) in [6, 6.07) is 32.0. The summed E-state index contributed by atoms with van der Waals surface area (Å²) in [6.07, 6.45) is 3.94. The SMILES string of the molecule is COc1cc2c3c(c1OC)Oc1ccc4c(c1)[C@H](Cc1ccc(cc1)Oc1cc(ccc1OCCCNC(=O)c1ccc(C#N)cc1)C[C@H]3N(C)CC2)N(C)CC4. The molecule has 1 amide bonds. The fraction of sp³-hybridized carbons (Fsp3) is 0.319. The molecule has 0 aliphatic carbocycles. The first-order valence-electron chi connectivity index (χ1n) is 19.6. The minimum atomic E-state index is -0.190. The summed E-state index contributed by atoms with van der Waals surface area (Å²) in [4.78, 5) is 17.5. The van der Waals surface area contributed by atoms with Crippen LogP contribution >= 0.6 is 0 Å². The molecule has 0 unspecified atom stereocenters. The summed E-state index contributed by atoms with van der Waals surface area (Å²) in [5.41, 5.74) is 8.20. The predicted octanol–water partition coefficient (Wildman–Crippen LogP) is 8.22. The van der Waals surface area contributed by atoms with Gasteiger partial charge < -0.3 is 29.0 Å². The number of benzene rings is 5. The van der Waals surface area contributed by atoms with E-state index in [-0.39, 0.29) is 18.0 Å². The zero-order chi connectivity index (χ0) is 39.5. The highest BCUT2D eigenvalue weighted by Gasteiger charge is 2.34. The van der Waals surface area contributed by atoms with Crippen LogP contribution in [0.1, 0.15) is 67.8 Å². The molecule has 6 bridgehead atoms. The molecule has 0 aromatic heterocycles. The molecular formula is C47H48N4O6. The number of hydrogen-bond acceptors (Lipinski definition) is 9. The molecule has 4 aliphatic heterocycles. The number of nitrogens with zero attached hydrogens (tertiary/aromatic N) is 3. The molecule has 5 aromatic carbocycles. The van der Waals surface area contributed by atoms with Crippen LogP contribution in [0.15, 0.2) is 91.0 Å². The van der Waals surface area contributed by atoms with Crippen LogP contribution in [0.2, 0.25) is 0 Å². The van der Waals surface area contributed by atoms with Gasteiger partial charge in [0.2, 0.25) is 5.75 Å². The van der Waals surface area contributed by atoms with E-state index >= 15 is 0 Å². The largest absolute Gasteiger partial charge is 0.493 e. The summed E-state index contributed by atoms with van der Waals surface area (Å²) < 4.78 is 31.9. The Kier molecular flexibility index (Phi) is 11.0. The van der Waals surface area contributed by atoms with Gasteiger partial charge in [-0.3, -0.25) is 14.6 Å². The number of carbonyl (C=O) groups is 1. The topological polar surface area (TPSA) is 106 Å². The van der Waals surface area contributed by atoms with E-state index in [2.05, 4.69) is 83.8 Å². The van der Waals surface area contributed by atoms with E-state index in [1.165, 1.54) is 22.3 Å². The Morgan fingerprint density at radius 2 is 1.51 bits per heavy atom. The van der Waals surface area contributed by atoms with Crippen molar-refractivity contribution >= 4 is 5.91 Å². The Hall–Kier alpha value is -6.02. The van der Waals surface area contributed by atoms with Gasteiger partial charge in [0.1, 0.15) is 11.5 Å². The summed E-state index contributed by atoms with van der Waals surface area (Å²) in [7, 11) is 7.71. The van der Waals surface area contributed by atoms with Crippen molar-refractivity contribution in [2.75, 3.05) is 54.6 Å². The highest BCUT2D eigenvalue weighted by atomic mass is 16.5. The van der Waals surface area contributed by atoms with Crippen LogP contribution in [0.4, 0.5) is 0 Å². The number of likely N-dealkylation sites (N-methyl/N-ethyl adjacent to an activating group) is 2. The predicted molar refractivity (Wildman–Crippen MR) is 218 cm³/mol. The van der Waals surface area contributed by atoms with Gasteiger partial charge in [-0.2, -0.15) is 5.26 Å². The highest BCUT2D eigenvalue weighted by molar-refractivity contribution is 5.94. The van der Waals surface area contributed by atoms with Crippen LogP contribution < -0.4 is 29.0 Å². The first-order valence-corrected chi connectivity index (χ1v) is 19.6. The fourth-order valence-electron chi connectivity index (χ4n) is 8.28. The Labute approximate surface area is 334 Å². The van der Waals surface area contributed by atoms with Crippen LogP contribution in [-0.4, -0.2) is 70.3 Å². The average molecular weight is 765 g/mol. The second-order valence-electron chi connectivity index (χ2n) is 15.1. The fourth-order valence-corrected chi connectivity index (χ4v) is 8.28. The number of nitrogens with one attached hydrogen (secondary N) is 1. The van der Waals surface area contributed by atoms with E-state index in [1.54, 1.807) is 38.5 Å². The number of amides is 1. The van der Waals surface area contributed by atoms with E-state index in [0.717, 1.165) is 55.0 Å². The maximum absolute atomic E-state index is 12.7. The lowest BCUT2D eigenvalue weighted by Gasteiger charge is -2.37. The smallest absolute Gasteiger partial charge is 0.251 e. The molecule has 4 heterocycles. The second kappa shape index (κ2) is 16.6. The maximum atomic E-state index is 12.7. The van der Waals surface area contributed by atoms with Crippen LogP contribution in [0.5, 0.6) is 40.2 Å². The molecule has 4 aliphatic rings. The lowest BCUT2D eigenvalue weighted by molar-refractivity contribution is 0.0951. The van der Waals surface area contributed by atoms with Gasteiger partial charge in [0, 0.05) is 42.8 Å². The number of ether oxygens (including phenoxy) is 5. The average Bonchev–Trinajstić information content (AvgIpc) is 3.23. The van der Waals surface area contributed by atoms with Gasteiger partial charge in [-0.05, 0) is 141 Å². The Morgan fingerprint density at radius 1 is 0.789 bits per heavy atom. The standard InChI is InChI=1S/C47H48N4O6/c1-50-21-18-33-13-16-37-28-38(33)39(50)24-30-8-14-36(15-9-30)56-42-26-32(10-17-41(42)55-23-5-20-49-47(52)34-11-6-31(29-48)7-12-34)25-40-44-35(19-22-51(40)2)27-43(53-3)45(54-4)46(44)57-37/h6-17,26-28,39-40H,5,18-25H2,1-4H3,(H,49,52)/t39-,40+/m0/s1. The number of nitriles is 1. The molecular weight excluding hydrogens is 717 g/mol. The first kappa shape index (κ1) is 37.9. The summed E-state index contributed by atoms with van der Waals surface area (Å²) >= 11 is 0. The molecule has 10 heteroatoms. The number of fused-ring (bicyclic) bond motifs is 2. The third-order valence-corrected chi connectivity index (χ3v) is 11.5. The molecule has 2 atom stereocenters. The van der Waals surface area contributed by atoms with Crippen molar-refractivity contribution in [3.63, 3.8) is 0 Å². The van der Waals surface area contributed by atoms with Crippen LogP contribution in [0.25, 0.3) is 0 Å².